The molecule has 1 aliphatic heterocycles. The molecule has 1 atom stereocenters. The van der Waals surface area contributed by atoms with E-state index in [4.69, 9.17) is 4.74 Å². The van der Waals surface area contributed by atoms with Crippen LogP contribution in [0.4, 0.5) is 5.13 Å². The zero-order valence-corrected chi connectivity index (χ0v) is 14.4. The molecule has 2 amide bonds. The third-order valence-electron chi connectivity index (χ3n) is 3.95. The Labute approximate surface area is 144 Å². The van der Waals surface area contributed by atoms with Gasteiger partial charge in [-0.05, 0) is 19.4 Å². The average Bonchev–Trinajstić information content (AvgIpc) is 2.88. The van der Waals surface area contributed by atoms with Crippen LogP contribution in [0.5, 0.6) is 0 Å². The van der Waals surface area contributed by atoms with Gasteiger partial charge in [0.05, 0.1) is 12.3 Å². The van der Waals surface area contributed by atoms with Gasteiger partial charge in [-0.2, -0.15) is 0 Å². The van der Waals surface area contributed by atoms with E-state index in [1.54, 1.807) is 4.90 Å². The lowest BCUT2D eigenvalue weighted by atomic mass is 10.1. The van der Waals surface area contributed by atoms with Crippen LogP contribution < -0.4 is 5.32 Å². The van der Waals surface area contributed by atoms with Gasteiger partial charge in [-0.15, -0.1) is 11.3 Å². The minimum absolute atomic E-state index is 0.00603. The van der Waals surface area contributed by atoms with Gasteiger partial charge in [-0.3, -0.25) is 9.59 Å². The van der Waals surface area contributed by atoms with Crippen LogP contribution in [0.1, 0.15) is 16.1 Å². The molecule has 7 heteroatoms. The second-order valence-electron chi connectivity index (χ2n) is 5.69. The minimum Gasteiger partial charge on any atom is -0.369 e. The fourth-order valence-electron chi connectivity index (χ4n) is 2.52. The van der Waals surface area contributed by atoms with Crippen molar-refractivity contribution < 1.29 is 14.3 Å². The largest absolute Gasteiger partial charge is 0.369 e. The molecule has 0 bridgehead atoms. The van der Waals surface area contributed by atoms with Crippen molar-refractivity contribution in [1.82, 2.24) is 9.88 Å². The van der Waals surface area contributed by atoms with E-state index < -0.39 is 6.04 Å². The highest BCUT2D eigenvalue weighted by Crippen LogP contribution is 2.22. The van der Waals surface area contributed by atoms with Gasteiger partial charge in [0.2, 0.25) is 5.91 Å². The third kappa shape index (κ3) is 3.63. The first-order chi connectivity index (χ1) is 11.5. The third-order valence-corrected chi connectivity index (χ3v) is 4.94. The second kappa shape index (κ2) is 7.11. The zero-order valence-electron chi connectivity index (χ0n) is 13.6. The number of hydrogen-bond donors (Lipinski definition) is 1. The topological polar surface area (TPSA) is 71.5 Å². The summed E-state index contributed by atoms with van der Waals surface area (Å²) in [5.41, 5.74) is 1.87. The second-order valence-corrected chi connectivity index (χ2v) is 6.89. The Bertz CT molecular complexity index is 725. The van der Waals surface area contributed by atoms with E-state index in [0.29, 0.717) is 11.7 Å². The Morgan fingerprint density at radius 2 is 2.12 bits per heavy atom. The lowest BCUT2D eigenvalue weighted by molar-refractivity contribution is -0.154. The summed E-state index contributed by atoms with van der Waals surface area (Å²) in [5, 5.41) is 3.35. The maximum absolute atomic E-state index is 12.6. The summed E-state index contributed by atoms with van der Waals surface area (Å²) in [6.45, 7) is 4.44. The quantitative estimate of drug-likeness (QED) is 0.921. The van der Waals surface area contributed by atoms with Crippen LogP contribution in [0.15, 0.2) is 30.3 Å². The maximum atomic E-state index is 12.6. The fraction of sp³-hybridized carbons (Fsp3) is 0.353. The molecule has 1 aromatic heterocycles. The Morgan fingerprint density at radius 1 is 1.38 bits per heavy atom. The van der Waals surface area contributed by atoms with Crippen LogP contribution in [-0.2, 0) is 20.9 Å². The first kappa shape index (κ1) is 16.6. The number of morpholine rings is 1. The highest BCUT2D eigenvalue weighted by atomic mass is 32.1. The van der Waals surface area contributed by atoms with E-state index in [1.165, 1.54) is 11.3 Å². The minimum atomic E-state index is -0.657. The Morgan fingerprint density at radius 3 is 2.79 bits per heavy atom. The molecule has 0 radical (unpaired) electrons. The van der Waals surface area contributed by atoms with Crippen molar-refractivity contribution in [3.63, 3.8) is 0 Å². The highest BCUT2D eigenvalue weighted by molar-refractivity contribution is 7.15. The van der Waals surface area contributed by atoms with E-state index in [0.717, 1.165) is 16.1 Å². The first-order valence-electron chi connectivity index (χ1n) is 7.70. The predicted molar refractivity (Wildman–Crippen MR) is 91.8 cm³/mol. The van der Waals surface area contributed by atoms with Gasteiger partial charge in [-0.25, -0.2) is 4.98 Å². The summed E-state index contributed by atoms with van der Waals surface area (Å²) in [6, 6.07) is 8.96. The molecule has 0 spiro atoms. The summed E-state index contributed by atoms with van der Waals surface area (Å²) in [6.07, 6.45) is 0. The van der Waals surface area contributed by atoms with Crippen molar-refractivity contribution >= 4 is 28.3 Å². The van der Waals surface area contributed by atoms with Gasteiger partial charge in [-0.1, -0.05) is 30.3 Å². The van der Waals surface area contributed by atoms with Crippen molar-refractivity contribution in [3.8, 4) is 0 Å². The van der Waals surface area contributed by atoms with Gasteiger partial charge in [0.25, 0.3) is 5.91 Å². The summed E-state index contributed by atoms with van der Waals surface area (Å²) < 4.78 is 5.28. The standard InChI is InChI=1S/C17H19N3O3S/c1-11-12(2)24-17(18-11)19-16(22)14-9-23-10-15(21)20(14)8-13-6-4-3-5-7-13/h3-7,14H,8-10H2,1-2H3,(H,18,19,22)/t14-/m0/s1. The molecule has 1 fully saturated rings. The van der Waals surface area contributed by atoms with Crippen molar-refractivity contribution in [2.45, 2.75) is 26.4 Å². The SMILES string of the molecule is Cc1nc(NC(=O)[C@@H]2COCC(=O)N2Cc2ccccc2)sc1C. The van der Waals surface area contributed by atoms with Gasteiger partial charge >= 0.3 is 0 Å². The van der Waals surface area contributed by atoms with Gasteiger partial charge in [0, 0.05) is 11.4 Å². The lowest BCUT2D eigenvalue weighted by Gasteiger charge is -2.34. The number of amides is 2. The van der Waals surface area contributed by atoms with E-state index in [-0.39, 0.29) is 25.0 Å². The van der Waals surface area contributed by atoms with Crippen LogP contribution >= 0.6 is 11.3 Å². The molecule has 1 aromatic carbocycles. The Balaban J connectivity index is 1.75. The molecule has 1 N–H and O–H groups in total. The Kier molecular flexibility index (Phi) is 4.92. The van der Waals surface area contributed by atoms with E-state index >= 15 is 0 Å². The molecule has 2 aromatic rings. The normalized spacial score (nSPS) is 17.8. The van der Waals surface area contributed by atoms with Crippen molar-refractivity contribution in [2.75, 3.05) is 18.5 Å². The van der Waals surface area contributed by atoms with Crippen LogP contribution in [-0.4, -0.2) is 41.0 Å². The number of carbonyl (C=O) groups is 2. The zero-order chi connectivity index (χ0) is 17.1. The van der Waals surface area contributed by atoms with Crippen molar-refractivity contribution in [1.29, 1.82) is 0 Å². The number of aromatic nitrogens is 1. The number of anilines is 1. The summed E-state index contributed by atoms with van der Waals surface area (Å²) in [7, 11) is 0. The fourth-order valence-corrected chi connectivity index (χ4v) is 3.33. The van der Waals surface area contributed by atoms with Crippen LogP contribution in [0.2, 0.25) is 0 Å². The molecule has 0 aliphatic carbocycles. The molecule has 126 valence electrons. The molecule has 1 aliphatic rings. The van der Waals surface area contributed by atoms with Crippen LogP contribution in [0, 0.1) is 13.8 Å². The predicted octanol–water partition coefficient (Wildman–Crippen LogP) is 2.13. The van der Waals surface area contributed by atoms with E-state index in [9.17, 15) is 9.59 Å². The smallest absolute Gasteiger partial charge is 0.251 e. The van der Waals surface area contributed by atoms with Crippen LogP contribution in [0.3, 0.4) is 0 Å². The molecule has 24 heavy (non-hydrogen) atoms. The van der Waals surface area contributed by atoms with Crippen molar-refractivity contribution in [3.05, 3.63) is 46.5 Å². The molecular formula is C17H19N3O3S. The Hall–Kier alpha value is -2.25. The first-order valence-corrected chi connectivity index (χ1v) is 8.52. The number of rotatable bonds is 4. The number of benzene rings is 1. The average molecular weight is 345 g/mol. The lowest BCUT2D eigenvalue weighted by Crippen LogP contribution is -2.54. The molecular weight excluding hydrogens is 326 g/mol. The molecule has 3 rings (SSSR count). The number of nitrogens with one attached hydrogen (secondary N) is 1. The highest BCUT2D eigenvalue weighted by Gasteiger charge is 2.34. The summed E-state index contributed by atoms with van der Waals surface area (Å²) in [5.74, 6) is -0.454. The van der Waals surface area contributed by atoms with Gasteiger partial charge in [0.15, 0.2) is 5.13 Å². The van der Waals surface area contributed by atoms with E-state index in [2.05, 4.69) is 10.3 Å². The molecule has 1 saturated heterocycles. The maximum Gasteiger partial charge on any atom is 0.251 e. The number of thiazole rings is 1. The van der Waals surface area contributed by atoms with Crippen molar-refractivity contribution in [2.24, 2.45) is 0 Å². The number of ether oxygens (including phenoxy) is 1. The summed E-state index contributed by atoms with van der Waals surface area (Å²) >= 11 is 1.43. The number of aryl methyl sites for hydroxylation is 2. The van der Waals surface area contributed by atoms with E-state index in [1.807, 2.05) is 44.2 Å². The molecule has 2 heterocycles. The van der Waals surface area contributed by atoms with Crippen LogP contribution in [0.25, 0.3) is 0 Å². The van der Waals surface area contributed by atoms with Gasteiger partial charge < -0.3 is 15.0 Å². The monoisotopic (exact) mass is 345 g/mol. The molecule has 0 saturated carbocycles. The summed E-state index contributed by atoms with van der Waals surface area (Å²) in [4.78, 5) is 31.8. The van der Waals surface area contributed by atoms with Gasteiger partial charge in [0.1, 0.15) is 12.6 Å². The number of carbonyl (C=O) groups excluding carboxylic acids is 2. The molecule has 6 nitrogen and oxygen atoms in total. The number of hydrogen-bond acceptors (Lipinski definition) is 5. The number of nitrogens with zero attached hydrogens (tertiary/aromatic N) is 2. The molecule has 0 unspecified atom stereocenters.